The van der Waals surface area contributed by atoms with Crippen molar-refractivity contribution in [1.82, 2.24) is 10.6 Å². The number of nitrogens with one attached hydrogen (secondary N) is 2. The minimum Gasteiger partial charge on any atom is -0.496 e. The Morgan fingerprint density at radius 1 is 1.04 bits per heavy atom. The van der Waals surface area contributed by atoms with E-state index in [1.807, 2.05) is 37.4 Å². The largest absolute Gasteiger partial charge is 0.496 e. The summed E-state index contributed by atoms with van der Waals surface area (Å²) in [4.78, 5) is 0.351. The van der Waals surface area contributed by atoms with Gasteiger partial charge in [0.1, 0.15) is 5.75 Å². The molecule has 0 heterocycles. The molecule has 0 aliphatic heterocycles. The standard InChI is InChI=1S/C22H30N2O3S/c1-23-18-9-11-19(12-10-18)24-15-17-14-16(8-13-21(17)27-2)20-6-4-5-7-22(20)28(3,25)26/h4-8,13-14,18-19,23-24H,9-12,15H2,1-3H3. The Morgan fingerprint density at radius 2 is 1.71 bits per heavy atom. The first-order valence-electron chi connectivity index (χ1n) is 9.79. The third kappa shape index (κ3) is 4.93. The van der Waals surface area contributed by atoms with Gasteiger partial charge < -0.3 is 15.4 Å². The molecule has 2 aromatic carbocycles. The first-order chi connectivity index (χ1) is 13.4. The Labute approximate surface area is 168 Å². The lowest BCUT2D eigenvalue weighted by atomic mass is 9.91. The minimum atomic E-state index is -3.30. The summed E-state index contributed by atoms with van der Waals surface area (Å²) in [5, 5.41) is 7.02. The Morgan fingerprint density at radius 3 is 2.36 bits per heavy atom. The van der Waals surface area contributed by atoms with Gasteiger partial charge in [0.05, 0.1) is 12.0 Å². The molecule has 0 radical (unpaired) electrons. The zero-order chi connectivity index (χ0) is 20.1. The molecule has 0 amide bonds. The lowest BCUT2D eigenvalue weighted by Crippen LogP contribution is -2.38. The SMILES string of the molecule is CNC1CCC(NCc2cc(-c3ccccc3S(C)(=O)=O)ccc2OC)CC1. The van der Waals surface area contributed by atoms with Gasteiger partial charge in [0.15, 0.2) is 9.84 Å². The molecule has 2 N–H and O–H groups in total. The van der Waals surface area contributed by atoms with Crippen molar-refractivity contribution in [3.05, 3.63) is 48.0 Å². The van der Waals surface area contributed by atoms with E-state index >= 15 is 0 Å². The molecule has 0 aromatic heterocycles. The van der Waals surface area contributed by atoms with E-state index in [2.05, 4.69) is 10.6 Å². The summed E-state index contributed by atoms with van der Waals surface area (Å²) in [7, 11) is 0.398. The average Bonchev–Trinajstić information content (AvgIpc) is 2.71. The highest BCUT2D eigenvalue weighted by Crippen LogP contribution is 2.31. The highest BCUT2D eigenvalue weighted by molar-refractivity contribution is 7.90. The number of hydrogen-bond donors (Lipinski definition) is 2. The summed E-state index contributed by atoms with van der Waals surface area (Å²) in [6, 6.07) is 14.1. The molecule has 0 spiro atoms. The van der Waals surface area contributed by atoms with Crippen LogP contribution in [0.2, 0.25) is 0 Å². The normalized spacial score (nSPS) is 20.1. The third-order valence-electron chi connectivity index (χ3n) is 5.59. The van der Waals surface area contributed by atoms with Gasteiger partial charge in [0.2, 0.25) is 0 Å². The molecule has 28 heavy (non-hydrogen) atoms. The van der Waals surface area contributed by atoms with Crippen LogP contribution in [0.1, 0.15) is 31.2 Å². The molecule has 0 atom stereocenters. The maximum absolute atomic E-state index is 12.2. The minimum absolute atomic E-state index is 0.351. The van der Waals surface area contributed by atoms with Crippen LogP contribution in [0.15, 0.2) is 47.4 Å². The van der Waals surface area contributed by atoms with Crippen molar-refractivity contribution < 1.29 is 13.2 Å². The Balaban J connectivity index is 1.82. The molecule has 2 aromatic rings. The number of sulfone groups is 1. The first-order valence-corrected chi connectivity index (χ1v) is 11.7. The summed E-state index contributed by atoms with van der Waals surface area (Å²) >= 11 is 0. The van der Waals surface area contributed by atoms with E-state index in [-0.39, 0.29) is 0 Å². The van der Waals surface area contributed by atoms with Crippen molar-refractivity contribution >= 4 is 9.84 Å². The molecule has 3 rings (SSSR count). The summed E-state index contributed by atoms with van der Waals surface area (Å²) in [5.41, 5.74) is 2.65. The Hall–Kier alpha value is -1.89. The second kappa shape index (κ2) is 9.07. The molecule has 1 fully saturated rings. The van der Waals surface area contributed by atoms with Crippen molar-refractivity contribution in [3.8, 4) is 16.9 Å². The van der Waals surface area contributed by atoms with Crippen molar-refractivity contribution in [3.63, 3.8) is 0 Å². The molecule has 0 unspecified atom stereocenters. The van der Waals surface area contributed by atoms with Crippen LogP contribution in [0.3, 0.4) is 0 Å². The van der Waals surface area contributed by atoms with Crippen LogP contribution in [0.25, 0.3) is 11.1 Å². The van der Waals surface area contributed by atoms with Crippen LogP contribution in [0.4, 0.5) is 0 Å². The second-order valence-corrected chi connectivity index (χ2v) is 9.50. The van der Waals surface area contributed by atoms with Crippen LogP contribution >= 0.6 is 0 Å². The van der Waals surface area contributed by atoms with E-state index in [1.165, 1.54) is 19.1 Å². The monoisotopic (exact) mass is 402 g/mol. The highest BCUT2D eigenvalue weighted by Gasteiger charge is 2.20. The Bertz CT molecular complexity index is 904. The maximum atomic E-state index is 12.2. The Kier molecular flexibility index (Phi) is 6.75. The van der Waals surface area contributed by atoms with Gasteiger partial charge in [-0.25, -0.2) is 8.42 Å². The van der Waals surface area contributed by atoms with Gasteiger partial charge in [-0.15, -0.1) is 0 Å². The number of ether oxygens (including phenoxy) is 1. The number of hydrogen-bond acceptors (Lipinski definition) is 5. The topological polar surface area (TPSA) is 67.4 Å². The van der Waals surface area contributed by atoms with E-state index in [1.54, 1.807) is 19.2 Å². The maximum Gasteiger partial charge on any atom is 0.176 e. The first kappa shape index (κ1) is 20.8. The number of methoxy groups -OCH3 is 1. The summed E-state index contributed by atoms with van der Waals surface area (Å²) in [6.45, 7) is 0.701. The molecular formula is C22H30N2O3S. The van der Waals surface area contributed by atoms with Crippen LogP contribution in [-0.4, -0.2) is 40.9 Å². The average molecular weight is 403 g/mol. The van der Waals surface area contributed by atoms with Gasteiger partial charge in [-0.05, 0) is 56.5 Å². The fourth-order valence-corrected chi connectivity index (χ4v) is 4.86. The molecule has 0 bridgehead atoms. The van der Waals surface area contributed by atoms with Crippen LogP contribution in [-0.2, 0) is 16.4 Å². The fourth-order valence-electron chi connectivity index (χ4n) is 3.95. The van der Waals surface area contributed by atoms with E-state index in [4.69, 9.17) is 4.74 Å². The fraction of sp³-hybridized carbons (Fsp3) is 0.455. The van der Waals surface area contributed by atoms with Gasteiger partial charge in [0.25, 0.3) is 0 Å². The molecule has 1 aliphatic carbocycles. The molecule has 6 heteroatoms. The quantitative estimate of drug-likeness (QED) is 0.743. The lowest BCUT2D eigenvalue weighted by molar-refractivity contribution is 0.315. The predicted molar refractivity (Wildman–Crippen MR) is 113 cm³/mol. The molecular weight excluding hydrogens is 372 g/mol. The van der Waals surface area contributed by atoms with Gasteiger partial charge in [0, 0.05) is 36.0 Å². The van der Waals surface area contributed by atoms with Gasteiger partial charge >= 0.3 is 0 Å². The van der Waals surface area contributed by atoms with E-state index in [0.717, 1.165) is 35.3 Å². The van der Waals surface area contributed by atoms with Crippen molar-refractivity contribution in [2.24, 2.45) is 0 Å². The van der Waals surface area contributed by atoms with Crippen LogP contribution in [0.5, 0.6) is 5.75 Å². The number of benzene rings is 2. The van der Waals surface area contributed by atoms with E-state index < -0.39 is 9.84 Å². The third-order valence-corrected chi connectivity index (χ3v) is 6.75. The molecule has 5 nitrogen and oxygen atoms in total. The zero-order valence-corrected chi connectivity index (χ0v) is 17.7. The highest BCUT2D eigenvalue weighted by atomic mass is 32.2. The zero-order valence-electron chi connectivity index (χ0n) is 16.9. The lowest BCUT2D eigenvalue weighted by Gasteiger charge is -2.29. The van der Waals surface area contributed by atoms with Crippen molar-refractivity contribution in [2.75, 3.05) is 20.4 Å². The van der Waals surface area contributed by atoms with Gasteiger partial charge in [-0.3, -0.25) is 0 Å². The summed E-state index contributed by atoms with van der Waals surface area (Å²) in [6.07, 6.45) is 5.94. The molecule has 1 saturated carbocycles. The predicted octanol–water partition coefficient (Wildman–Crippen LogP) is 3.39. The van der Waals surface area contributed by atoms with Crippen molar-refractivity contribution in [1.29, 1.82) is 0 Å². The second-order valence-electron chi connectivity index (χ2n) is 7.51. The van der Waals surface area contributed by atoms with Gasteiger partial charge in [-0.1, -0.05) is 24.3 Å². The van der Waals surface area contributed by atoms with Crippen LogP contribution in [0, 0.1) is 0 Å². The van der Waals surface area contributed by atoms with E-state index in [0.29, 0.717) is 23.5 Å². The molecule has 0 saturated heterocycles. The smallest absolute Gasteiger partial charge is 0.176 e. The summed E-state index contributed by atoms with van der Waals surface area (Å²) in [5.74, 6) is 0.817. The van der Waals surface area contributed by atoms with E-state index in [9.17, 15) is 8.42 Å². The van der Waals surface area contributed by atoms with Crippen molar-refractivity contribution in [2.45, 2.75) is 49.2 Å². The molecule has 152 valence electrons. The van der Waals surface area contributed by atoms with Gasteiger partial charge in [-0.2, -0.15) is 0 Å². The van der Waals surface area contributed by atoms with Crippen LogP contribution < -0.4 is 15.4 Å². The summed E-state index contributed by atoms with van der Waals surface area (Å²) < 4.78 is 29.9. The number of rotatable bonds is 7. The molecule has 1 aliphatic rings.